The molecular formula is C33H28Cl2N2O7S. The van der Waals surface area contributed by atoms with E-state index in [1.807, 2.05) is 0 Å². The average Bonchev–Trinajstić information content (AvgIpc) is 3.03. The van der Waals surface area contributed by atoms with E-state index in [1.54, 1.807) is 72.8 Å². The molecule has 4 aromatic rings. The standard InChI is InChI=1S/C33H28Cl2N2O7S/c1-3-20-43-33(40)24-12-18-27(19-13-24)45(41,42)36-32(39)31(23-8-5-4-6-9-23)44-26-16-14-25(15-17-26)37(22(2)38)21-28-29(34)10-7-11-30(28)35/h3-19,31H,1,20-21H2,2H3,(H,36,39). The fourth-order valence-electron chi connectivity index (χ4n) is 4.20. The molecule has 2 amide bonds. The Morgan fingerprint density at radius 1 is 0.889 bits per heavy atom. The molecule has 4 aromatic carbocycles. The molecule has 0 aliphatic carbocycles. The number of nitrogens with one attached hydrogen (secondary N) is 1. The minimum Gasteiger partial charge on any atom is -0.476 e. The first-order valence-electron chi connectivity index (χ1n) is 13.5. The van der Waals surface area contributed by atoms with Crippen LogP contribution in [0.1, 0.15) is 34.5 Å². The monoisotopic (exact) mass is 666 g/mol. The van der Waals surface area contributed by atoms with Gasteiger partial charge in [0.15, 0.2) is 0 Å². The van der Waals surface area contributed by atoms with Crippen molar-refractivity contribution in [2.45, 2.75) is 24.5 Å². The molecule has 9 nitrogen and oxygen atoms in total. The van der Waals surface area contributed by atoms with Gasteiger partial charge in [0, 0.05) is 33.8 Å². The van der Waals surface area contributed by atoms with Crippen LogP contribution in [0, 0.1) is 0 Å². The van der Waals surface area contributed by atoms with Crippen LogP contribution in [0.4, 0.5) is 5.69 Å². The molecule has 0 spiro atoms. The third kappa shape index (κ3) is 8.51. The second-order valence-corrected chi connectivity index (χ2v) is 12.1. The quantitative estimate of drug-likeness (QED) is 0.135. The van der Waals surface area contributed by atoms with E-state index < -0.39 is 28.0 Å². The second kappa shape index (κ2) is 14.9. The summed E-state index contributed by atoms with van der Waals surface area (Å²) in [4.78, 5) is 39.2. The number of amides is 2. The topological polar surface area (TPSA) is 119 Å². The van der Waals surface area contributed by atoms with E-state index in [9.17, 15) is 22.8 Å². The van der Waals surface area contributed by atoms with Crippen LogP contribution in [-0.2, 0) is 30.9 Å². The first kappa shape index (κ1) is 33.3. The lowest BCUT2D eigenvalue weighted by Gasteiger charge is -2.23. The molecular weight excluding hydrogens is 639 g/mol. The molecule has 0 aliphatic rings. The van der Waals surface area contributed by atoms with Crippen molar-refractivity contribution in [1.82, 2.24) is 4.72 Å². The van der Waals surface area contributed by atoms with Crippen molar-refractivity contribution in [3.63, 3.8) is 0 Å². The Kier molecular flexibility index (Phi) is 11.0. The minimum atomic E-state index is -4.34. The van der Waals surface area contributed by atoms with Crippen molar-refractivity contribution in [2.75, 3.05) is 11.5 Å². The van der Waals surface area contributed by atoms with Gasteiger partial charge in [-0.2, -0.15) is 0 Å². The van der Waals surface area contributed by atoms with E-state index in [4.69, 9.17) is 32.7 Å². The highest BCUT2D eigenvalue weighted by Crippen LogP contribution is 2.30. The zero-order valence-corrected chi connectivity index (χ0v) is 26.3. The van der Waals surface area contributed by atoms with Gasteiger partial charge in [-0.3, -0.25) is 9.59 Å². The molecule has 0 fully saturated rings. The maximum atomic E-state index is 13.4. The highest BCUT2D eigenvalue weighted by molar-refractivity contribution is 7.90. The van der Waals surface area contributed by atoms with E-state index in [0.29, 0.717) is 26.9 Å². The third-order valence-electron chi connectivity index (χ3n) is 6.47. The molecule has 0 heterocycles. The molecule has 1 unspecified atom stereocenters. The number of esters is 1. The van der Waals surface area contributed by atoms with Crippen LogP contribution in [0.25, 0.3) is 0 Å². The van der Waals surface area contributed by atoms with E-state index >= 15 is 0 Å². The maximum absolute atomic E-state index is 13.4. The molecule has 0 aromatic heterocycles. The van der Waals surface area contributed by atoms with Crippen LogP contribution in [-0.4, -0.2) is 32.8 Å². The number of rotatable bonds is 12. The number of hydrogen-bond acceptors (Lipinski definition) is 7. The Morgan fingerprint density at radius 3 is 2.09 bits per heavy atom. The summed E-state index contributed by atoms with van der Waals surface area (Å²) in [5.41, 5.74) is 1.63. The van der Waals surface area contributed by atoms with Crippen LogP contribution >= 0.6 is 23.2 Å². The number of anilines is 1. The summed E-state index contributed by atoms with van der Waals surface area (Å²) in [6, 6.07) is 24.7. The van der Waals surface area contributed by atoms with Crippen molar-refractivity contribution < 1.29 is 32.3 Å². The van der Waals surface area contributed by atoms with Crippen molar-refractivity contribution in [1.29, 1.82) is 0 Å². The number of nitrogens with zero attached hydrogens (tertiary/aromatic N) is 1. The fraction of sp³-hybridized carbons (Fsp3) is 0.121. The van der Waals surface area contributed by atoms with Gasteiger partial charge in [0.2, 0.25) is 12.0 Å². The highest BCUT2D eigenvalue weighted by atomic mass is 35.5. The first-order valence-corrected chi connectivity index (χ1v) is 15.7. The summed E-state index contributed by atoms with van der Waals surface area (Å²) in [5, 5.41) is 0.838. The number of carbonyl (C=O) groups excluding carboxylic acids is 3. The van der Waals surface area contributed by atoms with E-state index in [0.717, 1.165) is 0 Å². The Morgan fingerprint density at radius 2 is 1.51 bits per heavy atom. The fourth-order valence-corrected chi connectivity index (χ4v) is 5.70. The Hall–Kier alpha value is -4.64. The highest BCUT2D eigenvalue weighted by Gasteiger charge is 2.28. The number of ether oxygens (including phenoxy) is 2. The predicted octanol–water partition coefficient (Wildman–Crippen LogP) is 6.51. The van der Waals surface area contributed by atoms with Gasteiger partial charge in [-0.1, -0.05) is 72.3 Å². The Bertz CT molecular complexity index is 1780. The van der Waals surface area contributed by atoms with Crippen LogP contribution in [0.2, 0.25) is 10.0 Å². The van der Waals surface area contributed by atoms with Gasteiger partial charge in [-0.15, -0.1) is 0 Å². The van der Waals surface area contributed by atoms with Crippen molar-refractivity contribution >= 4 is 56.7 Å². The van der Waals surface area contributed by atoms with Gasteiger partial charge in [0.25, 0.3) is 15.9 Å². The van der Waals surface area contributed by atoms with Crippen LogP contribution in [0.5, 0.6) is 5.75 Å². The molecule has 1 atom stereocenters. The Balaban J connectivity index is 1.54. The number of halogens is 2. The maximum Gasteiger partial charge on any atom is 0.338 e. The molecule has 45 heavy (non-hydrogen) atoms. The van der Waals surface area contributed by atoms with Crippen LogP contribution in [0.15, 0.2) is 115 Å². The summed E-state index contributed by atoms with van der Waals surface area (Å²) in [7, 11) is -4.34. The SMILES string of the molecule is C=CCOC(=O)c1ccc(S(=O)(=O)NC(=O)C(Oc2ccc(N(Cc3c(Cl)cccc3Cl)C(C)=O)cc2)c2ccccc2)cc1. The lowest BCUT2D eigenvalue weighted by molar-refractivity contribution is -0.126. The zero-order chi connectivity index (χ0) is 32.6. The normalized spacial score (nSPS) is 11.6. The second-order valence-electron chi connectivity index (χ2n) is 9.59. The minimum absolute atomic E-state index is 0.00492. The molecule has 0 radical (unpaired) electrons. The number of benzene rings is 4. The van der Waals surface area contributed by atoms with E-state index in [-0.39, 0.29) is 35.3 Å². The van der Waals surface area contributed by atoms with Gasteiger partial charge in [-0.05, 0) is 60.7 Å². The van der Waals surface area contributed by atoms with Crippen LogP contribution < -0.4 is 14.4 Å². The molecule has 1 N–H and O–H groups in total. The smallest absolute Gasteiger partial charge is 0.338 e. The van der Waals surface area contributed by atoms with Gasteiger partial charge in [-0.25, -0.2) is 17.9 Å². The molecule has 0 bridgehead atoms. The molecule has 232 valence electrons. The zero-order valence-electron chi connectivity index (χ0n) is 24.0. The van der Waals surface area contributed by atoms with Crippen LogP contribution in [0.3, 0.4) is 0 Å². The van der Waals surface area contributed by atoms with Gasteiger partial charge in [0.05, 0.1) is 17.0 Å². The summed E-state index contributed by atoms with van der Waals surface area (Å²) < 4.78 is 39.2. The van der Waals surface area contributed by atoms with Gasteiger partial charge < -0.3 is 14.4 Å². The average molecular weight is 668 g/mol. The van der Waals surface area contributed by atoms with Crippen molar-refractivity contribution in [3.8, 4) is 5.75 Å². The summed E-state index contributed by atoms with van der Waals surface area (Å²) in [6.45, 7) is 5.01. The largest absolute Gasteiger partial charge is 0.476 e. The molecule has 0 saturated heterocycles. The summed E-state index contributed by atoms with van der Waals surface area (Å²) in [6.07, 6.45) is 0.0524. The predicted molar refractivity (Wildman–Crippen MR) is 172 cm³/mol. The lowest BCUT2D eigenvalue weighted by atomic mass is 10.1. The molecule has 12 heteroatoms. The molecule has 4 rings (SSSR count). The van der Waals surface area contributed by atoms with E-state index in [2.05, 4.69) is 11.3 Å². The molecule has 0 saturated carbocycles. The van der Waals surface area contributed by atoms with Gasteiger partial charge in [0.1, 0.15) is 12.4 Å². The summed E-state index contributed by atoms with van der Waals surface area (Å²) >= 11 is 12.6. The summed E-state index contributed by atoms with van der Waals surface area (Å²) in [5.74, 6) is -1.61. The van der Waals surface area contributed by atoms with Crippen molar-refractivity contribution in [2.24, 2.45) is 0 Å². The Labute approximate surface area is 271 Å². The molecule has 0 aliphatic heterocycles. The number of hydrogen-bond donors (Lipinski definition) is 1. The van der Waals surface area contributed by atoms with Gasteiger partial charge >= 0.3 is 5.97 Å². The number of sulfonamides is 1. The van der Waals surface area contributed by atoms with Crippen molar-refractivity contribution in [3.05, 3.63) is 136 Å². The lowest BCUT2D eigenvalue weighted by Crippen LogP contribution is -2.36. The number of carbonyl (C=O) groups is 3. The third-order valence-corrected chi connectivity index (χ3v) is 8.54. The van der Waals surface area contributed by atoms with E-state index in [1.165, 1.54) is 42.2 Å². The first-order chi connectivity index (χ1) is 21.5.